The molecule has 0 heterocycles. The summed E-state index contributed by atoms with van der Waals surface area (Å²) in [7, 11) is -19.1. The molecule has 0 bridgehead atoms. The van der Waals surface area contributed by atoms with Crippen molar-refractivity contribution in [2.24, 2.45) is 0 Å². The van der Waals surface area contributed by atoms with Crippen molar-refractivity contribution in [3.8, 4) is 103 Å². The topological polar surface area (TPSA) is 305 Å². The average molecular weight is 2160 g/mol. The van der Waals surface area contributed by atoms with Gasteiger partial charge in [0.1, 0.15) is 92.6 Å². The van der Waals surface area contributed by atoms with Gasteiger partial charge in [0.2, 0.25) is 0 Å². The maximum absolute atomic E-state index is 15.2. The highest BCUT2D eigenvalue weighted by atomic mass is 32.2. The highest BCUT2D eigenvalue weighted by Crippen LogP contribution is 2.52. The second kappa shape index (κ2) is 39.7. The average Bonchev–Trinajstić information content (AvgIpc) is 1.55. The zero-order valence-corrected chi connectivity index (χ0v) is 80.5. The van der Waals surface area contributed by atoms with Crippen molar-refractivity contribution in [2.75, 3.05) is 12.5 Å². The van der Waals surface area contributed by atoms with E-state index in [2.05, 4.69) is 29.1 Å². The van der Waals surface area contributed by atoms with Gasteiger partial charge < -0.3 is 0 Å². The van der Waals surface area contributed by atoms with E-state index in [1.54, 1.807) is 26.0 Å². The van der Waals surface area contributed by atoms with Crippen LogP contribution in [0.1, 0.15) is 54.2 Å². The maximum atomic E-state index is 15.2. The number of alkyl halides is 21. The lowest BCUT2D eigenvalue weighted by Crippen LogP contribution is -2.27. The van der Waals surface area contributed by atoms with Gasteiger partial charge in [0.05, 0.1) is 53.0 Å². The van der Waals surface area contributed by atoms with Gasteiger partial charge in [0.25, 0.3) is 19.7 Å². The van der Waals surface area contributed by atoms with Crippen molar-refractivity contribution in [3.05, 3.63) is 346 Å². The normalized spacial score (nSPS) is 14.2. The van der Waals surface area contributed by atoms with Gasteiger partial charge in [-0.25, -0.2) is 33.7 Å². The molecule has 6 aliphatic rings. The molecule has 0 fully saturated rings. The van der Waals surface area contributed by atoms with Crippen LogP contribution in [0.3, 0.4) is 0 Å². The van der Waals surface area contributed by atoms with E-state index in [1.807, 2.05) is 0 Å². The Balaban J connectivity index is 0.000000187. The monoisotopic (exact) mass is 2160 g/mol. The molecule has 149 heavy (non-hydrogen) atoms. The van der Waals surface area contributed by atoms with E-state index < -0.39 is 205 Å². The summed E-state index contributed by atoms with van der Waals surface area (Å²) in [5.74, 6) is -1.16. The van der Waals surface area contributed by atoms with Gasteiger partial charge in [-0.3, -0.25) is 0 Å². The molecule has 6 aliphatic carbocycles. The number of nitrogens with zero attached hydrogens (tertiary/aromatic N) is 12. The Hall–Kier alpha value is -16.5. The molecule has 20 nitrogen and oxygen atoms in total. The fourth-order valence-corrected chi connectivity index (χ4v) is 22.6. The third-order valence-corrected chi connectivity index (χ3v) is 31.4. The van der Waals surface area contributed by atoms with Gasteiger partial charge in [-0.15, -0.1) is 0 Å². The predicted octanol–water partition coefficient (Wildman–Crippen LogP) is 21.8. The van der Waals surface area contributed by atoms with Gasteiger partial charge in [-0.2, -0.15) is 153 Å². The number of rotatable bonds is 12. The van der Waals surface area contributed by atoms with E-state index in [-0.39, 0.29) is 165 Å². The fourth-order valence-electron chi connectivity index (χ4n) is 18.8. The lowest BCUT2D eigenvalue weighted by atomic mass is 9.86. The molecule has 0 saturated carbocycles. The SMILES string of the molecule is [C-]#[N+]C([N+]#[C-])=C1Cc2c(-c3ccc(S(=O)(=O)C(F)(F)F)cc3)c3c(c(-c4ccc(S(=O)(=O)C(F)(F)F)cc4)c2=C1C)CC(=C(C#N)C#N)C=3C(F)(F)F.[C-]#[N+]C([N+]#[C-])=C1Cc2c(-c3ccc(S(C)(=O)=O)cc3)c3c(c(-c4ccc(S(C)(=O)=O)cc4)c2=C1C)CC(=C(C#N)C#N)C=3C(F)(F)F.[C-]#[N+]C([N+]#[C-])=C1Cc2c(-c3ccc(SC(F)(F)F)cc3)c3c(c(-c4ccc(SC(F)(F)F)cc4)c2=C1C)CC(=C(C#N)C#N)C=3C(F)(F)F. The molecule has 0 amide bonds. The standard InChI is InChI=1S/C34H15F9N4O4S2.C34H15F9N4S2.C34H21F3N4O4S2/c1-16-22(31(46-2)47-3)12-24-26(16)27(17-4-8-20(9-5-17)52(48,49)33(38,39)40)25-13-23(19(14-44)15-45)30(32(35,36)37)29(25)28(24)18-6-10-21(11-7-18)53(50,51)34(41,42)43;1-16-22(31(46-2)47-3)12-24-26(16)27(17-4-8-20(9-5-17)48-33(38,39)40)25-13-23(19(14-44)15-45)30(32(35,36)37)29(25)28(24)18-6-10-21(11-7-18)49-34(41,42)43;1-18-24(33(40-2)41-3)14-26-28(18)29(19-6-10-22(11-7-19)46(4,42)43)27-15-25(21(16-38)17-39)32(34(35,36)37)31(27)30(26)20-8-12-23(13-9-20)47(5,44)45/h4-11H,12-13H2,1H3;4-11H,12-13H2,1H3;6-13H,14-15H2,1,4-5H3. The van der Waals surface area contributed by atoms with Crippen molar-refractivity contribution in [3.63, 3.8) is 0 Å². The number of hydrogen-bond acceptors (Lipinski definition) is 16. The number of halogens is 21. The third kappa shape index (κ3) is 20.3. The molecule has 0 radical (unpaired) electrons. The van der Waals surface area contributed by atoms with E-state index in [4.69, 9.17) is 39.4 Å². The van der Waals surface area contributed by atoms with E-state index >= 15 is 39.5 Å². The van der Waals surface area contributed by atoms with Gasteiger partial charge in [0.15, 0.2) is 19.7 Å². The summed E-state index contributed by atoms with van der Waals surface area (Å²) in [6.07, 6.45) is -16.2. The van der Waals surface area contributed by atoms with Crippen molar-refractivity contribution in [1.29, 1.82) is 31.6 Å². The van der Waals surface area contributed by atoms with Gasteiger partial charge >= 0.3 is 58.0 Å². The molecule has 0 N–H and O–H groups in total. The Labute approximate surface area is 839 Å². The van der Waals surface area contributed by atoms with E-state index in [0.717, 1.165) is 61.0 Å². The van der Waals surface area contributed by atoms with Crippen LogP contribution >= 0.6 is 23.5 Å². The molecule has 15 rings (SSSR count). The van der Waals surface area contributed by atoms with Crippen LogP contribution in [-0.4, -0.2) is 86.7 Å². The summed E-state index contributed by atoms with van der Waals surface area (Å²) in [5.41, 5.74) is -27.4. The molecule has 47 heteroatoms. The minimum absolute atomic E-state index is 0.00257. The summed E-state index contributed by atoms with van der Waals surface area (Å²) in [6.45, 7) is 49.8. The second-order valence-corrected chi connectivity index (χ2v) is 43.1. The number of fused-ring (bicyclic) bond motifs is 6. The van der Waals surface area contributed by atoms with Crippen LogP contribution < -0.4 is 31.3 Å². The van der Waals surface area contributed by atoms with Crippen LogP contribution in [0.2, 0.25) is 0 Å². The number of nitriles is 6. The van der Waals surface area contributed by atoms with Crippen LogP contribution in [0.25, 0.3) is 129 Å². The van der Waals surface area contributed by atoms with Gasteiger partial charge in [-0.05, 0) is 301 Å². The first-order valence-electron chi connectivity index (χ1n) is 41.6. The first-order chi connectivity index (χ1) is 69.4. The minimum atomic E-state index is -5.92. The van der Waals surface area contributed by atoms with Crippen molar-refractivity contribution in [2.45, 2.75) is 129 Å². The summed E-state index contributed by atoms with van der Waals surface area (Å²) in [6, 6.07) is 34.8. The van der Waals surface area contributed by atoms with Crippen molar-refractivity contribution >= 4 is 96.3 Å². The summed E-state index contributed by atoms with van der Waals surface area (Å²) >= 11 is -0.829. The number of benzene rings is 9. The third-order valence-electron chi connectivity index (χ3n) is 24.7. The zero-order chi connectivity index (χ0) is 110. The molecule has 9 aromatic carbocycles. The van der Waals surface area contributed by atoms with Crippen LogP contribution in [0, 0.1) is 107 Å². The molecule has 9 aromatic rings. The van der Waals surface area contributed by atoms with Crippen molar-refractivity contribution in [1.82, 2.24) is 0 Å². The molecule has 0 spiro atoms. The quantitative estimate of drug-likeness (QED) is 0.0475. The van der Waals surface area contributed by atoms with E-state index in [1.165, 1.54) is 104 Å². The highest BCUT2D eigenvalue weighted by Gasteiger charge is 2.52. The number of sulfone groups is 4. The van der Waals surface area contributed by atoms with E-state index in [9.17, 15) is 118 Å². The highest BCUT2D eigenvalue weighted by molar-refractivity contribution is 8.00. The predicted molar refractivity (Wildman–Crippen MR) is 500 cm³/mol. The second-order valence-electron chi connectivity index (χ2n) is 32.9. The smallest absolute Gasteiger partial charge is 0.224 e. The number of allylic oxidation sites excluding steroid dienone is 9. The maximum Gasteiger partial charge on any atom is 0.523 e. The number of thioether (sulfide) groups is 2. The van der Waals surface area contributed by atoms with Crippen molar-refractivity contribution < 1.29 is 126 Å². The first kappa shape index (κ1) is 110. The Morgan fingerprint density at radius 2 is 0.450 bits per heavy atom. The fraction of sp³-hybridized carbons (Fsp3) is 0.176. The first-order valence-corrected chi connectivity index (χ1v) is 50.0. The molecule has 0 aromatic heterocycles. The molecular formula is C102H51F21N12O8S6. The Kier molecular flexibility index (Phi) is 29.3. The molecule has 750 valence electrons. The minimum Gasteiger partial charge on any atom is -0.224 e. The summed E-state index contributed by atoms with van der Waals surface area (Å²) in [4.78, 5) is 16.6. The summed E-state index contributed by atoms with van der Waals surface area (Å²) < 4.78 is 392. The lowest BCUT2D eigenvalue weighted by Gasteiger charge is -2.18. The molecule has 0 atom stereocenters. The van der Waals surface area contributed by atoms with Crippen LogP contribution in [-0.2, 0) is 77.9 Å². The Morgan fingerprint density at radius 1 is 0.275 bits per heavy atom. The number of hydrogen-bond donors (Lipinski definition) is 0. The summed E-state index contributed by atoms with van der Waals surface area (Å²) in [5, 5.41) is 57.3. The Morgan fingerprint density at radius 3 is 0.617 bits per heavy atom. The van der Waals surface area contributed by atoms with Gasteiger partial charge in [0, 0.05) is 41.6 Å². The molecular weight excluding hydrogens is 2110 g/mol. The Bertz CT molecular complexity index is 9120. The van der Waals surface area contributed by atoms with Crippen LogP contribution in [0.15, 0.2) is 243 Å². The van der Waals surface area contributed by atoms with E-state index in [0.29, 0.717) is 57.3 Å². The zero-order valence-electron chi connectivity index (χ0n) is 75.6. The van der Waals surface area contributed by atoms with Gasteiger partial charge in [-0.1, -0.05) is 72.8 Å². The lowest BCUT2D eigenvalue weighted by molar-refractivity contribution is -0.0704. The molecule has 0 saturated heterocycles. The largest absolute Gasteiger partial charge is 0.523 e. The van der Waals surface area contributed by atoms with Crippen LogP contribution in [0.4, 0.5) is 92.2 Å². The van der Waals surface area contributed by atoms with Crippen LogP contribution in [0.5, 0.6) is 0 Å². The molecule has 0 unspecified atom stereocenters. The molecule has 0 aliphatic heterocycles.